The molecule has 1 aromatic heterocycles. The van der Waals surface area contributed by atoms with Gasteiger partial charge >= 0.3 is 12.0 Å². The Hall–Kier alpha value is -1.95. The number of sulfonamides is 1. The summed E-state index contributed by atoms with van der Waals surface area (Å²) in [6, 6.07) is 0. The SMILES string of the molecule is Cc1ncc(OC(F)(F)F)c([N+](=O)[O-])c1S(N)(=O)=O. The fourth-order valence-corrected chi connectivity index (χ4v) is 2.18. The average molecular weight is 301 g/mol. The molecule has 0 aliphatic carbocycles. The summed E-state index contributed by atoms with van der Waals surface area (Å²) in [5, 5.41) is 15.5. The van der Waals surface area contributed by atoms with E-state index in [4.69, 9.17) is 5.14 Å². The van der Waals surface area contributed by atoms with Gasteiger partial charge in [0.05, 0.1) is 16.8 Å². The van der Waals surface area contributed by atoms with E-state index in [2.05, 4.69) is 9.72 Å². The summed E-state index contributed by atoms with van der Waals surface area (Å²) >= 11 is 0. The number of hydrogen-bond acceptors (Lipinski definition) is 6. The van der Waals surface area contributed by atoms with Crippen molar-refractivity contribution >= 4 is 15.7 Å². The number of pyridine rings is 1. The van der Waals surface area contributed by atoms with Crippen molar-refractivity contribution in [2.24, 2.45) is 5.14 Å². The van der Waals surface area contributed by atoms with Gasteiger partial charge < -0.3 is 4.74 Å². The number of primary sulfonamides is 1. The highest BCUT2D eigenvalue weighted by atomic mass is 32.2. The molecule has 0 amide bonds. The molecule has 19 heavy (non-hydrogen) atoms. The van der Waals surface area contributed by atoms with Crippen molar-refractivity contribution in [3.05, 3.63) is 22.0 Å². The Morgan fingerprint density at radius 2 is 2.00 bits per heavy atom. The minimum absolute atomic E-state index is 0.398. The number of aromatic nitrogens is 1. The van der Waals surface area contributed by atoms with E-state index in [1.807, 2.05) is 0 Å². The van der Waals surface area contributed by atoms with Gasteiger partial charge in [0.2, 0.25) is 15.8 Å². The lowest BCUT2D eigenvalue weighted by Crippen LogP contribution is -2.21. The largest absolute Gasteiger partial charge is 0.573 e. The summed E-state index contributed by atoms with van der Waals surface area (Å²) in [4.78, 5) is 11.6. The molecular weight excluding hydrogens is 295 g/mol. The van der Waals surface area contributed by atoms with Gasteiger partial charge in [-0.1, -0.05) is 0 Å². The Balaban J connectivity index is 3.65. The van der Waals surface area contributed by atoms with Crippen molar-refractivity contribution in [3.8, 4) is 5.75 Å². The number of hydrogen-bond donors (Lipinski definition) is 1. The molecule has 8 nitrogen and oxygen atoms in total. The second-order valence-electron chi connectivity index (χ2n) is 3.24. The van der Waals surface area contributed by atoms with E-state index in [0.717, 1.165) is 6.92 Å². The van der Waals surface area contributed by atoms with Crippen LogP contribution in [0.2, 0.25) is 0 Å². The van der Waals surface area contributed by atoms with E-state index in [0.29, 0.717) is 6.20 Å². The summed E-state index contributed by atoms with van der Waals surface area (Å²) in [7, 11) is -4.64. The molecule has 2 N–H and O–H groups in total. The van der Waals surface area contributed by atoms with Crippen LogP contribution in [0.25, 0.3) is 0 Å². The van der Waals surface area contributed by atoms with Crippen molar-refractivity contribution in [2.75, 3.05) is 0 Å². The van der Waals surface area contributed by atoms with Crippen LogP contribution in [-0.4, -0.2) is 24.7 Å². The summed E-state index contributed by atoms with van der Waals surface area (Å²) in [6.07, 6.45) is -4.84. The number of nitrogens with two attached hydrogens (primary N) is 1. The fourth-order valence-electron chi connectivity index (χ4n) is 1.27. The standard InChI is InChI=1S/C7H6F3N3O5S/c1-3-6(19(11,16)17)5(13(14)15)4(2-12-3)18-7(8,9)10/h2H,1H3,(H2,11,16,17). The Bertz CT molecular complexity index is 628. The highest BCUT2D eigenvalue weighted by molar-refractivity contribution is 7.89. The molecule has 0 aliphatic rings. The Morgan fingerprint density at radius 1 is 1.47 bits per heavy atom. The van der Waals surface area contributed by atoms with Crippen LogP contribution in [-0.2, 0) is 10.0 Å². The van der Waals surface area contributed by atoms with E-state index in [1.54, 1.807) is 0 Å². The van der Waals surface area contributed by atoms with E-state index < -0.39 is 43.3 Å². The third-order valence-corrected chi connectivity index (χ3v) is 2.90. The van der Waals surface area contributed by atoms with Gasteiger partial charge in [0.15, 0.2) is 4.90 Å². The lowest BCUT2D eigenvalue weighted by molar-refractivity contribution is -0.391. The molecule has 0 aromatic carbocycles. The molecule has 106 valence electrons. The third kappa shape index (κ3) is 3.51. The zero-order chi connectivity index (χ0) is 15.0. The maximum Gasteiger partial charge on any atom is 0.573 e. The van der Waals surface area contributed by atoms with E-state index in [1.165, 1.54) is 0 Å². The molecule has 0 unspecified atom stereocenters. The smallest absolute Gasteiger partial charge is 0.397 e. The monoisotopic (exact) mass is 301 g/mol. The summed E-state index contributed by atoms with van der Waals surface area (Å²) < 4.78 is 61.9. The first kappa shape index (κ1) is 15.1. The van der Waals surface area contributed by atoms with Crippen LogP contribution in [0.5, 0.6) is 5.75 Å². The summed E-state index contributed by atoms with van der Waals surface area (Å²) in [5.41, 5.74) is -1.82. The molecule has 1 aromatic rings. The third-order valence-electron chi connectivity index (χ3n) is 1.85. The molecule has 0 saturated heterocycles. The predicted octanol–water partition coefficient (Wildman–Crippen LogP) is 0.844. The molecule has 0 fully saturated rings. The first-order chi connectivity index (χ1) is 8.43. The van der Waals surface area contributed by atoms with Crippen LogP contribution >= 0.6 is 0 Å². The summed E-state index contributed by atoms with van der Waals surface area (Å²) in [6.45, 7) is 1.05. The van der Waals surface area contributed by atoms with Gasteiger partial charge in [-0.3, -0.25) is 15.1 Å². The van der Waals surface area contributed by atoms with Crippen LogP contribution in [0, 0.1) is 17.0 Å². The van der Waals surface area contributed by atoms with Gasteiger partial charge in [-0.05, 0) is 6.92 Å². The van der Waals surface area contributed by atoms with Crippen LogP contribution in [0.1, 0.15) is 5.69 Å². The molecule has 1 heterocycles. The topological polar surface area (TPSA) is 125 Å². The quantitative estimate of drug-likeness (QED) is 0.651. The summed E-state index contributed by atoms with van der Waals surface area (Å²) in [5.74, 6) is -1.35. The van der Waals surface area contributed by atoms with Gasteiger partial charge in [-0.2, -0.15) is 0 Å². The highest BCUT2D eigenvalue weighted by Gasteiger charge is 2.38. The molecule has 0 bridgehead atoms. The van der Waals surface area contributed by atoms with Gasteiger partial charge in [0.25, 0.3) is 0 Å². The number of nitrogens with zero attached hydrogens (tertiary/aromatic N) is 2. The number of halogens is 3. The molecule has 12 heteroatoms. The number of ether oxygens (including phenoxy) is 1. The van der Waals surface area contributed by atoms with Gasteiger partial charge in [-0.15, -0.1) is 13.2 Å². The molecule has 0 atom stereocenters. The van der Waals surface area contributed by atoms with Gasteiger partial charge in [0.1, 0.15) is 0 Å². The maximum atomic E-state index is 12.1. The molecule has 0 saturated carbocycles. The normalized spacial score (nSPS) is 12.3. The van der Waals surface area contributed by atoms with Crippen LogP contribution < -0.4 is 9.88 Å². The lowest BCUT2D eigenvalue weighted by atomic mass is 10.3. The first-order valence-electron chi connectivity index (χ1n) is 4.36. The predicted molar refractivity (Wildman–Crippen MR) is 53.7 cm³/mol. The first-order valence-corrected chi connectivity index (χ1v) is 5.90. The number of aryl methyl sites for hydroxylation is 1. The van der Waals surface area contributed by atoms with Crippen molar-refractivity contribution < 1.29 is 31.2 Å². The van der Waals surface area contributed by atoms with Crippen LogP contribution in [0.3, 0.4) is 0 Å². The van der Waals surface area contributed by atoms with E-state index in [-0.39, 0.29) is 0 Å². The van der Waals surface area contributed by atoms with Crippen molar-refractivity contribution in [3.63, 3.8) is 0 Å². The Morgan fingerprint density at radius 3 is 2.37 bits per heavy atom. The van der Waals surface area contributed by atoms with E-state index in [9.17, 15) is 31.7 Å². The number of nitro groups is 1. The van der Waals surface area contributed by atoms with Gasteiger partial charge in [0, 0.05) is 0 Å². The Kier molecular flexibility index (Phi) is 3.67. The second-order valence-corrected chi connectivity index (χ2v) is 4.73. The maximum absolute atomic E-state index is 12.1. The zero-order valence-corrected chi connectivity index (χ0v) is 9.95. The lowest BCUT2D eigenvalue weighted by Gasteiger charge is -2.11. The van der Waals surface area contributed by atoms with Crippen molar-refractivity contribution in [2.45, 2.75) is 18.2 Å². The molecule has 0 aliphatic heterocycles. The molecule has 1 rings (SSSR count). The van der Waals surface area contributed by atoms with E-state index >= 15 is 0 Å². The Labute approximate surface area is 104 Å². The zero-order valence-electron chi connectivity index (χ0n) is 9.13. The molecule has 0 spiro atoms. The van der Waals surface area contributed by atoms with Crippen LogP contribution in [0.4, 0.5) is 18.9 Å². The minimum atomic E-state index is -5.24. The molecule has 0 radical (unpaired) electrons. The average Bonchev–Trinajstić information content (AvgIpc) is 2.15. The van der Waals surface area contributed by atoms with Crippen LogP contribution in [0.15, 0.2) is 11.1 Å². The van der Waals surface area contributed by atoms with Crippen molar-refractivity contribution in [1.29, 1.82) is 0 Å². The second kappa shape index (κ2) is 4.62. The fraction of sp³-hybridized carbons (Fsp3) is 0.286. The molecular formula is C7H6F3N3O5S. The van der Waals surface area contributed by atoms with Crippen molar-refractivity contribution in [1.82, 2.24) is 4.98 Å². The number of alkyl halides is 3. The minimum Gasteiger partial charge on any atom is -0.397 e. The van der Waals surface area contributed by atoms with Gasteiger partial charge in [-0.25, -0.2) is 13.6 Å². The highest BCUT2D eigenvalue weighted by Crippen LogP contribution is 2.37. The number of rotatable bonds is 3.